The van der Waals surface area contributed by atoms with Gasteiger partial charge in [-0.1, -0.05) is 6.92 Å². The summed E-state index contributed by atoms with van der Waals surface area (Å²) in [6.07, 6.45) is 0.428. The Hall–Kier alpha value is -1.84. The molecule has 0 saturated heterocycles. The van der Waals surface area contributed by atoms with E-state index in [0.29, 0.717) is 17.7 Å². The van der Waals surface area contributed by atoms with Crippen LogP contribution in [0.3, 0.4) is 0 Å². The Balaban J connectivity index is 2.93. The Bertz CT molecular complexity index is 400. The molecule has 1 aromatic rings. The highest BCUT2D eigenvalue weighted by Crippen LogP contribution is 2.16. The van der Waals surface area contributed by atoms with Gasteiger partial charge in [0.25, 0.3) is 0 Å². The molecule has 0 fully saturated rings. The first kappa shape index (κ1) is 11.2. The number of carbonyl (C=O) groups is 2. The Morgan fingerprint density at radius 3 is 2.53 bits per heavy atom. The zero-order valence-electron chi connectivity index (χ0n) is 8.83. The summed E-state index contributed by atoms with van der Waals surface area (Å²) in [6, 6.07) is 4.94. The first-order chi connectivity index (χ1) is 7.04. The number of benzene rings is 1. The number of hydrogen-bond donors (Lipinski definition) is 2. The summed E-state index contributed by atoms with van der Waals surface area (Å²) in [5.41, 5.74) is 7.12. The number of nitrogens with one attached hydrogen (secondary N) is 1. The van der Waals surface area contributed by atoms with E-state index in [4.69, 9.17) is 5.73 Å². The van der Waals surface area contributed by atoms with E-state index < -0.39 is 5.91 Å². The van der Waals surface area contributed by atoms with E-state index in [1.54, 1.807) is 25.1 Å². The highest BCUT2D eigenvalue weighted by atomic mass is 16.1. The van der Waals surface area contributed by atoms with Gasteiger partial charge in [0, 0.05) is 17.7 Å². The highest BCUT2D eigenvalue weighted by Gasteiger charge is 2.05. The molecule has 4 heteroatoms. The molecule has 0 aliphatic heterocycles. The molecule has 4 nitrogen and oxygen atoms in total. The second-order valence-electron chi connectivity index (χ2n) is 3.30. The van der Waals surface area contributed by atoms with Crippen LogP contribution in [0.1, 0.15) is 29.3 Å². The van der Waals surface area contributed by atoms with Crippen molar-refractivity contribution in [3.8, 4) is 0 Å². The highest BCUT2D eigenvalue weighted by molar-refractivity contribution is 5.95. The molecule has 0 unspecified atom stereocenters. The number of carbonyl (C=O) groups excluding carboxylic acids is 2. The van der Waals surface area contributed by atoms with Gasteiger partial charge in [0.15, 0.2) is 0 Å². The molecule has 80 valence electrons. The molecule has 0 saturated carbocycles. The maximum atomic E-state index is 11.1. The van der Waals surface area contributed by atoms with E-state index in [9.17, 15) is 9.59 Å². The number of hydrogen-bond acceptors (Lipinski definition) is 2. The van der Waals surface area contributed by atoms with E-state index in [-0.39, 0.29) is 5.91 Å². The molecule has 2 amide bonds. The Labute approximate surface area is 88.5 Å². The van der Waals surface area contributed by atoms with Crippen LogP contribution in [-0.2, 0) is 4.79 Å². The van der Waals surface area contributed by atoms with Gasteiger partial charge in [0.2, 0.25) is 11.8 Å². The summed E-state index contributed by atoms with van der Waals surface area (Å²) in [5, 5.41) is 2.73. The fourth-order valence-corrected chi connectivity index (χ4v) is 1.20. The zero-order valence-corrected chi connectivity index (χ0v) is 8.83. The van der Waals surface area contributed by atoms with Gasteiger partial charge in [-0.05, 0) is 30.7 Å². The summed E-state index contributed by atoms with van der Waals surface area (Å²) in [4.78, 5) is 22.0. The first-order valence-electron chi connectivity index (χ1n) is 4.75. The molecule has 1 rings (SSSR count). The van der Waals surface area contributed by atoms with Gasteiger partial charge in [-0.2, -0.15) is 0 Å². The predicted molar refractivity (Wildman–Crippen MR) is 58.6 cm³/mol. The van der Waals surface area contributed by atoms with Crippen LogP contribution in [0.15, 0.2) is 18.2 Å². The quantitative estimate of drug-likeness (QED) is 0.785. The molecular weight excluding hydrogens is 192 g/mol. The minimum absolute atomic E-state index is 0.0510. The number of rotatable bonds is 3. The lowest BCUT2D eigenvalue weighted by molar-refractivity contribution is -0.115. The summed E-state index contributed by atoms with van der Waals surface area (Å²) in [5.74, 6) is -0.517. The van der Waals surface area contributed by atoms with Crippen molar-refractivity contribution in [1.82, 2.24) is 0 Å². The number of aryl methyl sites for hydroxylation is 1. The third-order valence-corrected chi connectivity index (χ3v) is 2.11. The molecule has 0 spiro atoms. The van der Waals surface area contributed by atoms with E-state index in [2.05, 4.69) is 5.32 Å². The van der Waals surface area contributed by atoms with Gasteiger partial charge in [0.1, 0.15) is 0 Å². The maximum absolute atomic E-state index is 11.1. The molecular formula is C11H14N2O2. The fourth-order valence-electron chi connectivity index (χ4n) is 1.20. The molecule has 15 heavy (non-hydrogen) atoms. The van der Waals surface area contributed by atoms with E-state index >= 15 is 0 Å². The molecule has 0 atom stereocenters. The topological polar surface area (TPSA) is 72.2 Å². The van der Waals surface area contributed by atoms with Crippen molar-refractivity contribution in [3.05, 3.63) is 29.3 Å². The minimum Gasteiger partial charge on any atom is -0.366 e. The third-order valence-electron chi connectivity index (χ3n) is 2.11. The van der Waals surface area contributed by atoms with Crippen molar-refractivity contribution in [2.75, 3.05) is 5.32 Å². The largest absolute Gasteiger partial charge is 0.366 e. The lowest BCUT2D eigenvalue weighted by atomic mass is 10.1. The second-order valence-corrected chi connectivity index (χ2v) is 3.30. The average molecular weight is 206 g/mol. The summed E-state index contributed by atoms with van der Waals surface area (Å²) >= 11 is 0. The molecule has 0 aliphatic carbocycles. The molecule has 0 aliphatic rings. The Morgan fingerprint density at radius 1 is 1.40 bits per heavy atom. The Kier molecular flexibility index (Phi) is 3.44. The monoisotopic (exact) mass is 206 g/mol. The van der Waals surface area contributed by atoms with Crippen molar-refractivity contribution in [3.63, 3.8) is 0 Å². The zero-order chi connectivity index (χ0) is 11.4. The van der Waals surface area contributed by atoms with Gasteiger partial charge in [-0.25, -0.2) is 0 Å². The van der Waals surface area contributed by atoms with Crippen LogP contribution in [0.25, 0.3) is 0 Å². The van der Waals surface area contributed by atoms with Crippen LogP contribution < -0.4 is 11.1 Å². The van der Waals surface area contributed by atoms with Gasteiger partial charge in [0.05, 0.1) is 0 Å². The third kappa shape index (κ3) is 2.80. The van der Waals surface area contributed by atoms with Crippen molar-refractivity contribution < 1.29 is 9.59 Å². The Morgan fingerprint density at radius 2 is 2.07 bits per heavy atom. The normalized spacial score (nSPS) is 9.73. The summed E-state index contributed by atoms with van der Waals surface area (Å²) in [6.45, 7) is 3.60. The molecule has 1 aromatic carbocycles. The standard InChI is InChI=1S/C11H14N2O2/c1-3-10(14)13-9-5-4-8(11(12)15)6-7(9)2/h4-6H,3H2,1-2H3,(H2,12,15)(H,13,14). The predicted octanol–water partition coefficient (Wildman–Crippen LogP) is 1.44. The van der Waals surface area contributed by atoms with Crippen LogP contribution in [0.4, 0.5) is 5.69 Å². The van der Waals surface area contributed by atoms with Crippen molar-refractivity contribution in [1.29, 1.82) is 0 Å². The molecule has 0 heterocycles. The molecule has 0 aromatic heterocycles. The number of primary amides is 1. The van der Waals surface area contributed by atoms with Crippen molar-refractivity contribution in [2.45, 2.75) is 20.3 Å². The van der Waals surface area contributed by atoms with Crippen molar-refractivity contribution >= 4 is 17.5 Å². The minimum atomic E-state index is -0.466. The maximum Gasteiger partial charge on any atom is 0.248 e. The summed E-state index contributed by atoms with van der Waals surface area (Å²) < 4.78 is 0. The number of amides is 2. The second kappa shape index (κ2) is 4.59. The smallest absolute Gasteiger partial charge is 0.248 e. The van der Waals surface area contributed by atoms with E-state index in [0.717, 1.165) is 5.56 Å². The van der Waals surface area contributed by atoms with Crippen molar-refractivity contribution in [2.24, 2.45) is 5.73 Å². The molecule has 0 bridgehead atoms. The number of anilines is 1. The SMILES string of the molecule is CCC(=O)Nc1ccc(C(N)=O)cc1C. The number of nitrogens with two attached hydrogens (primary N) is 1. The van der Waals surface area contributed by atoms with Gasteiger partial charge in [-0.15, -0.1) is 0 Å². The van der Waals surface area contributed by atoms with E-state index in [1.807, 2.05) is 6.92 Å². The van der Waals surface area contributed by atoms with Gasteiger partial charge < -0.3 is 11.1 Å². The molecule has 0 radical (unpaired) electrons. The van der Waals surface area contributed by atoms with Crippen LogP contribution in [0, 0.1) is 6.92 Å². The van der Waals surface area contributed by atoms with Crippen LogP contribution in [0.2, 0.25) is 0 Å². The van der Waals surface area contributed by atoms with Gasteiger partial charge >= 0.3 is 0 Å². The average Bonchev–Trinajstić information content (AvgIpc) is 2.20. The van der Waals surface area contributed by atoms with Gasteiger partial charge in [-0.3, -0.25) is 9.59 Å². The van der Waals surface area contributed by atoms with Crippen LogP contribution in [0.5, 0.6) is 0 Å². The van der Waals surface area contributed by atoms with E-state index in [1.165, 1.54) is 0 Å². The lowest BCUT2D eigenvalue weighted by Gasteiger charge is -2.08. The van der Waals surface area contributed by atoms with Crippen LogP contribution in [-0.4, -0.2) is 11.8 Å². The van der Waals surface area contributed by atoms with Crippen LogP contribution >= 0.6 is 0 Å². The fraction of sp³-hybridized carbons (Fsp3) is 0.273. The lowest BCUT2D eigenvalue weighted by Crippen LogP contribution is -2.13. The molecule has 3 N–H and O–H groups in total. The first-order valence-corrected chi connectivity index (χ1v) is 4.75. The summed E-state index contributed by atoms with van der Waals surface area (Å²) in [7, 11) is 0.